The van der Waals surface area contributed by atoms with Gasteiger partial charge in [-0.2, -0.15) is 0 Å². The van der Waals surface area contributed by atoms with E-state index in [4.69, 9.17) is 23.0 Å². The van der Waals surface area contributed by atoms with Crippen LogP contribution in [0.3, 0.4) is 0 Å². The topological polar surface area (TPSA) is 34.6 Å². The third-order valence-corrected chi connectivity index (χ3v) is 5.65. The molecule has 0 aromatic carbocycles. The Kier molecular flexibility index (Phi) is 2.01. The minimum Gasteiger partial charge on any atom is -0.399 e. The molecule has 0 N–H and O–H groups in total. The number of aromatic nitrogens is 1. The van der Waals surface area contributed by atoms with Gasteiger partial charge in [-0.1, -0.05) is 0 Å². The molecule has 2 saturated heterocycles. The summed E-state index contributed by atoms with van der Waals surface area (Å²) >= 11 is 3.98. The van der Waals surface area contributed by atoms with Crippen molar-refractivity contribution in [2.45, 2.75) is 58.0 Å². The molecule has 21 heavy (non-hydrogen) atoms. The predicted octanol–water partition coefficient (Wildman–Crippen LogP) is 3.20. The van der Waals surface area contributed by atoms with Crippen LogP contribution in [-0.4, -0.2) is 36.3 Å². The molecule has 1 aromatic rings. The second-order valence-electron chi connectivity index (χ2n) is 5.67. The van der Waals surface area contributed by atoms with Crippen molar-refractivity contribution in [3.05, 3.63) is 4.60 Å². The summed E-state index contributed by atoms with van der Waals surface area (Å²) < 4.78 is 93.6. The molecule has 4 nitrogen and oxygen atoms in total. The van der Waals surface area contributed by atoms with Gasteiger partial charge in [0.25, 0.3) is 0 Å². The minimum absolute atomic E-state index is 0.146. The van der Waals surface area contributed by atoms with E-state index in [1.165, 1.54) is 0 Å². The summed E-state index contributed by atoms with van der Waals surface area (Å²) in [4.78, 5) is 4.35. The van der Waals surface area contributed by atoms with Crippen LogP contribution in [0.15, 0.2) is 4.60 Å². The van der Waals surface area contributed by atoms with Crippen molar-refractivity contribution in [2.75, 3.05) is 17.9 Å². The molecule has 0 unspecified atom stereocenters. The van der Waals surface area contributed by atoms with Crippen LogP contribution in [0.1, 0.15) is 60.5 Å². The van der Waals surface area contributed by atoms with Crippen LogP contribution in [0.5, 0.6) is 0 Å². The van der Waals surface area contributed by atoms with Crippen molar-refractivity contribution in [1.29, 1.82) is 0 Å². The Hall–Kier alpha value is -0.105. The molecule has 3 rings (SSSR count). The summed E-state index contributed by atoms with van der Waals surface area (Å²) in [6.45, 7) is 0.754. The highest BCUT2D eigenvalue weighted by atomic mass is 79.9. The molecule has 3 heterocycles. The van der Waals surface area contributed by atoms with E-state index in [9.17, 15) is 0 Å². The molecule has 7 heteroatoms. The van der Waals surface area contributed by atoms with Crippen LogP contribution in [0.4, 0.5) is 5.13 Å². The second kappa shape index (κ2) is 5.51. The third kappa shape index (κ3) is 2.90. The molecule has 0 bridgehead atoms. The fourth-order valence-electron chi connectivity index (χ4n) is 1.82. The van der Waals surface area contributed by atoms with E-state index in [0.717, 1.165) is 11.3 Å². The van der Waals surface area contributed by atoms with Crippen LogP contribution in [-0.2, 0) is 9.31 Å². The second-order valence-corrected chi connectivity index (χ2v) is 7.43. The van der Waals surface area contributed by atoms with E-state index >= 15 is 0 Å². The Morgan fingerprint density at radius 1 is 1.19 bits per heavy atom. The van der Waals surface area contributed by atoms with Gasteiger partial charge in [-0.3, -0.25) is 0 Å². The summed E-state index contributed by atoms with van der Waals surface area (Å²) in [5.74, 6) is 0. The largest absolute Gasteiger partial charge is 0.508 e. The fraction of sp³-hybridized carbons (Fsp3) is 0.786. The average molecular weight is 383 g/mol. The average Bonchev–Trinajstić information content (AvgIpc) is 3.01. The molecular weight excluding hydrogens is 351 g/mol. The normalized spacial score (nSPS) is 43.7. The summed E-state index contributed by atoms with van der Waals surface area (Å²) in [7, 11) is -0.924. The molecule has 116 valence electrons. The number of thiazole rings is 1. The minimum atomic E-state index is -3.48. The van der Waals surface area contributed by atoms with Crippen LogP contribution in [0.2, 0.25) is 0 Å². The van der Waals surface area contributed by atoms with Gasteiger partial charge in [0.2, 0.25) is 0 Å². The van der Waals surface area contributed by atoms with Gasteiger partial charge in [-0.05, 0) is 62.7 Å². The lowest BCUT2D eigenvalue weighted by molar-refractivity contribution is 0.00578. The Morgan fingerprint density at radius 3 is 2.33 bits per heavy atom. The zero-order valence-corrected chi connectivity index (χ0v) is 14.5. The first-order chi connectivity index (χ1) is 13.6. The van der Waals surface area contributed by atoms with E-state index in [1.54, 1.807) is 0 Å². The smallest absolute Gasteiger partial charge is 0.399 e. The molecule has 0 aliphatic carbocycles. The van der Waals surface area contributed by atoms with Crippen molar-refractivity contribution in [3.63, 3.8) is 0 Å². The maximum Gasteiger partial charge on any atom is 0.508 e. The third-order valence-electron chi connectivity index (χ3n) is 3.72. The molecule has 0 radical (unpaired) electrons. The van der Waals surface area contributed by atoms with Gasteiger partial charge in [-0.25, -0.2) is 4.98 Å². The van der Waals surface area contributed by atoms with Crippen molar-refractivity contribution >= 4 is 44.3 Å². The summed E-state index contributed by atoms with van der Waals surface area (Å²) in [5.41, 5.74) is -1.39. The van der Waals surface area contributed by atoms with Gasteiger partial charge in [-0.15, -0.1) is 11.3 Å². The van der Waals surface area contributed by atoms with Crippen LogP contribution >= 0.6 is 27.3 Å². The van der Waals surface area contributed by atoms with Crippen molar-refractivity contribution < 1.29 is 23.0 Å². The van der Waals surface area contributed by atoms with Gasteiger partial charge in [0.1, 0.15) is 4.60 Å². The molecule has 2 fully saturated rings. The monoisotopic (exact) mass is 382 g/mol. The first-order valence-corrected chi connectivity index (χ1v) is 7.99. The maximum atomic E-state index is 8.29. The standard InChI is InChI=1S/C14H22BBrN2O2S/c1-13(2)14(3,4)20-15(19-13)10-11(16)17-12(21-10)18-8-6-5-7-9-18/h5-9H2,1-4H3/i5D2,6D2,7D2,8D2,9D2. The Bertz CT molecular complexity index is 864. The fourth-order valence-corrected chi connectivity index (χ4v) is 3.37. The lowest BCUT2D eigenvalue weighted by Crippen LogP contribution is -2.41. The van der Waals surface area contributed by atoms with Crippen molar-refractivity contribution in [3.8, 4) is 0 Å². The Balaban J connectivity index is 2.14. The lowest BCUT2D eigenvalue weighted by atomic mass is 9.89. The van der Waals surface area contributed by atoms with Gasteiger partial charge in [0, 0.05) is 26.7 Å². The zero-order chi connectivity index (χ0) is 24.2. The van der Waals surface area contributed by atoms with E-state index < -0.39 is 50.4 Å². The molecule has 2 aliphatic heterocycles. The van der Waals surface area contributed by atoms with E-state index in [0.29, 0.717) is 4.78 Å². The first kappa shape index (κ1) is 7.64. The van der Waals surface area contributed by atoms with Crippen LogP contribution in [0.25, 0.3) is 0 Å². The molecular formula is C14H22BBrN2O2S. The predicted molar refractivity (Wildman–Crippen MR) is 91.6 cm³/mol. The first-order valence-electron chi connectivity index (χ1n) is 11.4. The number of hydrogen-bond acceptors (Lipinski definition) is 5. The molecule has 0 atom stereocenters. The van der Waals surface area contributed by atoms with Crippen LogP contribution in [0, 0.1) is 0 Å². The molecule has 0 amide bonds. The lowest BCUT2D eigenvalue weighted by Gasteiger charge is -2.32. The quantitative estimate of drug-likeness (QED) is 0.735. The maximum absolute atomic E-state index is 8.29. The van der Waals surface area contributed by atoms with Gasteiger partial charge in [0.05, 0.1) is 16.0 Å². The number of halogens is 1. The molecule has 0 saturated carbocycles. The number of anilines is 1. The van der Waals surface area contributed by atoms with Gasteiger partial charge < -0.3 is 14.2 Å². The van der Waals surface area contributed by atoms with Crippen molar-refractivity contribution in [2.24, 2.45) is 0 Å². The van der Waals surface area contributed by atoms with E-state index in [2.05, 4.69) is 20.9 Å². The van der Waals surface area contributed by atoms with Gasteiger partial charge >= 0.3 is 7.12 Å². The molecule has 1 aromatic heterocycles. The van der Waals surface area contributed by atoms with E-state index in [-0.39, 0.29) is 14.6 Å². The highest BCUT2D eigenvalue weighted by molar-refractivity contribution is 9.10. The van der Waals surface area contributed by atoms with Crippen molar-refractivity contribution in [1.82, 2.24) is 4.98 Å². The van der Waals surface area contributed by atoms with Gasteiger partial charge in [0.15, 0.2) is 5.13 Å². The Labute approximate surface area is 153 Å². The van der Waals surface area contributed by atoms with E-state index in [1.807, 2.05) is 27.7 Å². The number of piperidine rings is 1. The highest BCUT2D eigenvalue weighted by Crippen LogP contribution is 2.38. The highest BCUT2D eigenvalue weighted by Gasteiger charge is 2.53. The molecule has 2 aliphatic rings. The number of rotatable bonds is 2. The Morgan fingerprint density at radius 2 is 1.76 bits per heavy atom. The zero-order valence-electron chi connectivity index (χ0n) is 22.1. The SMILES string of the molecule is [2H]C1([2H])N(c2nc(Br)c(B3OC(C)(C)C(C)(C)O3)s2)C([2H])([2H])C([2H])([2H])C([2H])([2H])C1([2H])[2H]. The molecule has 0 spiro atoms. The number of hydrogen-bond donors (Lipinski definition) is 0. The summed E-state index contributed by atoms with van der Waals surface area (Å²) in [5, 5.41) is -0.380. The van der Waals surface area contributed by atoms with Crippen LogP contribution < -0.4 is 9.68 Å². The summed E-state index contributed by atoms with van der Waals surface area (Å²) in [6, 6.07) is 0. The summed E-state index contributed by atoms with van der Waals surface area (Å²) in [6.07, 6.45) is -10.3. The number of nitrogens with zero attached hydrogens (tertiary/aromatic N) is 2.